The Labute approximate surface area is 251 Å². The highest BCUT2D eigenvalue weighted by molar-refractivity contribution is 7.23. The average molecular weight is 606 g/mol. The van der Waals surface area contributed by atoms with Crippen molar-refractivity contribution in [3.8, 4) is 11.9 Å². The van der Waals surface area contributed by atoms with E-state index >= 15 is 0 Å². The number of piperazine rings is 1. The summed E-state index contributed by atoms with van der Waals surface area (Å²) in [7, 11) is 0. The fourth-order valence-corrected chi connectivity index (χ4v) is 8.71. The second-order valence-corrected chi connectivity index (χ2v) is 13.5. The number of nitrogens with one attached hydrogen (secondary N) is 1. The third-order valence-electron chi connectivity index (χ3n) is 9.80. The first-order chi connectivity index (χ1) is 20.9. The van der Waals surface area contributed by atoms with E-state index in [0.717, 1.165) is 62.2 Å². The van der Waals surface area contributed by atoms with Crippen LogP contribution in [-0.2, 0) is 13.0 Å². The first-order valence-corrected chi connectivity index (χ1v) is 15.9. The predicted molar refractivity (Wildman–Crippen MR) is 161 cm³/mol. The number of nitrogens with zero attached hydrogens (tertiary/aromatic N) is 7. The molecule has 10 nitrogen and oxygen atoms in total. The fraction of sp³-hybridized carbons (Fsp3) is 0.533. The van der Waals surface area contributed by atoms with Crippen LogP contribution in [0.15, 0.2) is 18.5 Å². The molecule has 4 atom stereocenters. The summed E-state index contributed by atoms with van der Waals surface area (Å²) in [5.74, 6) is 0.658. The smallest absolute Gasteiger partial charge is 0.247 e. The molecule has 2 bridgehead atoms. The standard InChI is InChI=1S/C30H33F2N9OS/c31-18-10-30(7-1-8-41(30)12-18)15-42-28-24-27(37-29(38-28)40-13-19-3-4-20(14-40)36-19)39(16-35-24)9-6-17-2-5-22(32)25-23(17)21(11-33)26(34)43-25/h2,5,16,18-20,36H,1,3-4,6-10,12-15,34H2/t18-,19-,20+,30+/m1/s1. The minimum atomic E-state index is -0.835. The summed E-state index contributed by atoms with van der Waals surface area (Å²) in [4.78, 5) is 19.1. The maximum atomic E-state index is 14.6. The molecule has 0 saturated carbocycles. The lowest BCUT2D eigenvalue weighted by atomic mass is 9.95. The van der Waals surface area contributed by atoms with Crippen LogP contribution in [0.3, 0.4) is 0 Å². The lowest BCUT2D eigenvalue weighted by molar-refractivity contribution is 0.111. The van der Waals surface area contributed by atoms with Crippen LogP contribution in [0.5, 0.6) is 5.88 Å². The monoisotopic (exact) mass is 605 g/mol. The van der Waals surface area contributed by atoms with E-state index < -0.39 is 6.17 Å². The van der Waals surface area contributed by atoms with Gasteiger partial charge in [-0.3, -0.25) is 4.90 Å². The zero-order valence-corrected chi connectivity index (χ0v) is 24.5. The summed E-state index contributed by atoms with van der Waals surface area (Å²) in [6, 6.07) is 6.13. The van der Waals surface area contributed by atoms with Gasteiger partial charge in [0, 0.05) is 50.1 Å². The maximum absolute atomic E-state index is 14.6. The molecule has 4 aromatic rings. The highest BCUT2D eigenvalue weighted by Gasteiger charge is 2.49. The second kappa shape index (κ2) is 10.2. The van der Waals surface area contributed by atoms with E-state index in [2.05, 4.69) is 26.2 Å². The number of alkyl halides is 1. The van der Waals surface area contributed by atoms with Crippen molar-refractivity contribution in [1.82, 2.24) is 29.7 Å². The van der Waals surface area contributed by atoms with E-state index in [1.165, 1.54) is 6.07 Å². The van der Waals surface area contributed by atoms with Crippen molar-refractivity contribution in [1.29, 1.82) is 5.26 Å². The number of ether oxygens (including phenoxy) is 1. The van der Waals surface area contributed by atoms with E-state index in [9.17, 15) is 14.0 Å². The number of hydrogen-bond donors (Lipinski definition) is 2. The molecular weight excluding hydrogens is 572 g/mol. The highest BCUT2D eigenvalue weighted by Crippen LogP contribution is 2.41. The molecular formula is C30H33F2N9OS. The molecule has 0 spiro atoms. The Balaban J connectivity index is 1.14. The van der Waals surface area contributed by atoms with Gasteiger partial charge in [-0.25, -0.2) is 13.8 Å². The Morgan fingerprint density at radius 2 is 2.05 bits per heavy atom. The lowest BCUT2D eigenvalue weighted by Gasteiger charge is -2.33. The molecule has 4 aliphatic heterocycles. The molecule has 43 heavy (non-hydrogen) atoms. The highest BCUT2D eigenvalue weighted by atomic mass is 32.1. The van der Waals surface area contributed by atoms with Gasteiger partial charge in [-0.1, -0.05) is 6.07 Å². The molecule has 7 heterocycles. The molecule has 4 aliphatic rings. The molecule has 0 radical (unpaired) electrons. The molecule has 3 aromatic heterocycles. The molecule has 0 unspecified atom stereocenters. The minimum absolute atomic E-state index is 0.303. The van der Waals surface area contributed by atoms with Crippen molar-refractivity contribution in [3.63, 3.8) is 0 Å². The van der Waals surface area contributed by atoms with Crippen molar-refractivity contribution in [2.24, 2.45) is 0 Å². The Morgan fingerprint density at radius 3 is 2.86 bits per heavy atom. The van der Waals surface area contributed by atoms with Crippen LogP contribution in [0.2, 0.25) is 0 Å². The van der Waals surface area contributed by atoms with Crippen LogP contribution in [0.1, 0.15) is 43.2 Å². The number of benzene rings is 1. The first-order valence-electron chi connectivity index (χ1n) is 15.1. The molecule has 13 heteroatoms. The van der Waals surface area contributed by atoms with E-state index in [1.54, 1.807) is 12.4 Å². The van der Waals surface area contributed by atoms with Gasteiger partial charge in [-0.05, 0) is 50.3 Å². The molecule has 0 aliphatic carbocycles. The van der Waals surface area contributed by atoms with Gasteiger partial charge in [0.1, 0.15) is 29.7 Å². The van der Waals surface area contributed by atoms with E-state index in [0.29, 0.717) is 88.3 Å². The number of aryl methyl sites for hydroxylation is 2. The summed E-state index contributed by atoms with van der Waals surface area (Å²) >= 11 is 1.10. The average Bonchev–Trinajstić information content (AvgIpc) is 3.80. The number of halogens is 2. The largest absolute Gasteiger partial charge is 0.474 e. The van der Waals surface area contributed by atoms with E-state index in [1.807, 2.05) is 4.57 Å². The predicted octanol–water partition coefficient (Wildman–Crippen LogP) is 3.77. The van der Waals surface area contributed by atoms with Crippen molar-refractivity contribution >= 4 is 43.5 Å². The Hall–Kier alpha value is -3.60. The fourth-order valence-electron chi connectivity index (χ4n) is 7.74. The number of thiophene rings is 1. The maximum Gasteiger partial charge on any atom is 0.247 e. The first kappa shape index (κ1) is 27.0. The molecule has 4 fully saturated rings. The van der Waals surface area contributed by atoms with Crippen LogP contribution >= 0.6 is 11.3 Å². The van der Waals surface area contributed by atoms with Crippen molar-refractivity contribution in [2.45, 2.75) is 68.9 Å². The Kier molecular flexibility index (Phi) is 6.43. The number of fused-ring (bicyclic) bond motifs is 5. The van der Waals surface area contributed by atoms with E-state index in [-0.39, 0.29) is 11.4 Å². The number of hydrogen-bond acceptors (Lipinski definition) is 10. The third-order valence-corrected chi connectivity index (χ3v) is 10.8. The molecule has 8 rings (SSSR count). The van der Waals surface area contributed by atoms with Gasteiger partial charge < -0.3 is 25.3 Å². The van der Waals surface area contributed by atoms with E-state index in [4.69, 9.17) is 20.4 Å². The van der Waals surface area contributed by atoms with Gasteiger partial charge in [0.2, 0.25) is 11.8 Å². The normalized spacial score (nSPS) is 26.9. The number of anilines is 2. The zero-order valence-electron chi connectivity index (χ0n) is 23.7. The van der Waals surface area contributed by atoms with Crippen molar-refractivity contribution in [2.75, 3.05) is 43.4 Å². The topological polar surface area (TPSA) is 121 Å². The molecule has 1 aromatic carbocycles. The van der Waals surface area contributed by atoms with Crippen LogP contribution in [0.4, 0.5) is 19.7 Å². The number of nitrogens with two attached hydrogens (primary N) is 1. The molecule has 0 amide bonds. The number of nitriles is 1. The summed E-state index contributed by atoms with van der Waals surface area (Å²) in [6.07, 6.45) is 6.13. The van der Waals surface area contributed by atoms with Crippen LogP contribution in [-0.4, -0.2) is 81.0 Å². The Bertz CT molecular complexity index is 1760. The molecule has 3 N–H and O–H groups in total. The quantitative estimate of drug-likeness (QED) is 0.324. The zero-order chi connectivity index (χ0) is 29.3. The van der Waals surface area contributed by atoms with Crippen LogP contribution in [0.25, 0.3) is 21.3 Å². The lowest BCUT2D eigenvalue weighted by Crippen LogP contribution is -2.51. The SMILES string of the molecule is N#Cc1c(N)sc2c(F)ccc(CCn3cnc4c(OC[C@@]56CCCN5C[C@H](F)C6)nc(N5C[C@H]6CC[C@@H](C5)N6)nc43)c12. The van der Waals surface area contributed by atoms with Crippen molar-refractivity contribution < 1.29 is 13.5 Å². The summed E-state index contributed by atoms with van der Waals surface area (Å²) < 4.78 is 37.9. The van der Waals surface area contributed by atoms with Gasteiger partial charge in [0.05, 0.1) is 22.1 Å². The number of imidazole rings is 1. The minimum Gasteiger partial charge on any atom is -0.474 e. The van der Waals surface area contributed by atoms with Crippen LogP contribution < -0.4 is 20.7 Å². The van der Waals surface area contributed by atoms with Crippen molar-refractivity contribution in [3.05, 3.63) is 35.4 Å². The van der Waals surface area contributed by atoms with Gasteiger partial charge in [0.25, 0.3) is 0 Å². The summed E-state index contributed by atoms with van der Waals surface area (Å²) in [5, 5.41) is 14.3. The molecule has 4 saturated heterocycles. The number of aromatic nitrogens is 4. The third kappa shape index (κ3) is 4.49. The number of rotatable bonds is 7. The summed E-state index contributed by atoms with van der Waals surface area (Å²) in [5.41, 5.74) is 8.14. The second-order valence-electron chi connectivity index (χ2n) is 12.5. The van der Waals surface area contributed by atoms with Gasteiger partial charge in [-0.15, -0.1) is 11.3 Å². The van der Waals surface area contributed by atoms with Gasteiger partial charge in [0.15, 0.2) is 11.2 Å². The van der Waals surface area contributed by atoms with Gasteiger partial charge >= 0.3 is 0 Å². The molecule has 224 valence electrons. The van der Waals surface area contributed by atoms with Crippen LogP contribution in [0, 0.1) is 17.1 Å². The van der Waals surface area contributed by atoms with Gasteiger partial charge in [-0.2, -0.15) is 15.2 Å². The number of nitrogen functional groups attached to an aromatic ring is 1. The Morgan fingerprint density at radius 1 is 1.21 bits per heavy atom. The summed E-state index contributed by atoms with van der Waals surface area (Å²) in [6.45, 7) is 3.87.